The number of ether oxygens (including phenoxy) is 3. The van der Waals surface area contributed by atoms with Crippen molar-refractivity contribution in [3.05, 3.63) is 81.5 Å². The highest BCUT2D eigenvalue weighted by Crippen LogP contribution is 2.24. The quantitative estimate of drug-likeness (QED) is 0.432. The highest BCUT2D eigenvalue weighted by Gasteiger charge is 2.30. The zero-order valence-corrected chi connectivity index (χ0v) is 18.5. The maximum absolute atomic E-state index is 12.4. The molecule has 10 heteroatoms. The average Bonchev–Trinajstić information content (AvgIpc) is 3.28. The topological polar surface area (TPSA) is 73.9 Å². The number of methoxy groups -OCH3 is 1. The smallest absolute Gasteiger partial charge is 0.489 e. The van der Waals surface area contributed by atoms with Crippen molar-refractivity contribution in [2.24, 2.45) is 0 Å². The van der Waals surface area contributed by atoms with Crippen LogP contribution in [0.5, 0.6) is 11.5 Å². The van der Waals surface area contributed by atoms with Gasteiger partial charge >= 0.3 is 12.3 Å². The number of alkyl halides is 3. The fourth-order valence-electron chi connectivity index (χ4n) is 2.83. The van der Waals surface area contributed by atoms with Crippen LogP contribution in [-0.4, -0.2) is 25.3 Å². The molecule has 0 aliphatic rings. The summed E-state index contributed by atoms with van der Waals surface area (Å²) in [5.74, 6) is -0.529. The second-order valence-corrected chi connectivity index (χ2v) is 7.98. The van der Waals surface area contributed by atoms with Gasteiger partial charge in [0.05, 0.1) is 18.0 Å². The van der Waals surface area contributed by atoms with E-state index in [1.807, 2.05) is 6.92 Å². The second-order valence-electron chi connectivity index (χ2n) is 6.90. The molecule has 1 N–H and O–H groups in total. The number of nitrogens with one attached hydrogen (secondary N) is 1. The van der Waals surface area contributed by atoms with Crippen LogP contribution in [0.25, 0.3) is 0 Å². The van der Waals surface area contributed by atoms with Crippen molar-refractivity contribution in [1.82, 2.24) is 5.32 Å². The summed E-state index contributed by atoms with van der Waals surface area (Å²) >= 11 is 1.05. The van der Waals surface area contributed by atoms with Gasteiger partial charge in [-0.1, -0.05) is 24.3 Å². The van der Waals surface area contributed by atoms with Gasteiger partial charge in [-0.05, 0) is 54.4 Å². The highest BCUT2D eigenvalue weighted by atomic mass is 32.1. The molecule has 0 spiro atoms. The molecule has 1 amide bonds. The Balaban J connectivity index is 1.52. The number of halogens is 3. The Morgan fingerprint density at radius 1 is 0.939 bits per heavy atom. The van der Waals surface area contributed by atoms with Gasteiger partial charge in [-0.25, -0.2) is 4.79 Å². The summed E-state index contributed by atoms with van der Waals surface area (Å²) in [6, 6.07) is 15.3. The van der Waals surface area contributed by atoms with E-state index in [1.54, 1.807) is 36.4 Å². The summed E-state index contributed by atoms with van der Waals surface area (Å²) in [5.41, 5.74) is 1.52. The van der Waals surface area contributed by atoms with E-state index in [1.165, 1.54) is 31.4 Å². The van der Waals surface area contributed by atoms with E-state index in [0.29, 0.717) is 21.1 Å². The fraction of sp³-hybridized carbons (Fsp3) is 0.217. The van der Waals surface area contributed by atoms with E-state index >= 15 is 0 Å². The molecule has 33 heavy (non-hydrogen) atoms. The van der Waals surface area contributed by atoms with Gasteiger partial charge in [-0.15, -0.1) is 24.5 Å². The molecule has 0 bridgehead atoms. The monoisotopic (exact) mass is 479 g/mol. The Bertz CT molecular complexity index is 1090. The zero-order chi connectivity index (χ0) is 24.0. The van der Waals surface area contributed by atoms with E-state index in [-0.39, 0.29) is 24.3 Å². The van der Waals surface area contributed by atoms with E-state index in [4.69, 9.17) is 4.74 Å². The van der Waals surface area contributed by atoms with Gasteiger partial charge in [-0.3, -0.25) is 4.79 Å². The van der Waals surface area contributed by atoms with Crippen molar-refractivity contribution in [3.8, 4) is 11.5 Å². The lowest BCUT2D eigenvalue weighted by atomic mass is 10.1. The molecule has 3 aromatic rings. The van der Waals surface area contributed by atoms with Crippen LogP contribution >= 0.6 is 11.3 Å². The minimum absolute atomic E-state index is 0.166. The molecule has 6 nitrogen and oxygen atoms in total. The molecule has 1 heterocycles. The summed E-state index contributed by atoms with van der Waals surface area (Å²) in [4.78, 5) is 24.7. The molecule has 1 aromatic heterocycles. The normalized spacial score (nSPS) is 12.0. The maximum atomic E-state index is 12.4. The van der Waals surface area contributed by atoms with Crippen LogP contribution in [0, 0.1) is 0 Å². The molecule has 0 fully saturated rings. The van der Waals surface area contributed by atoms with Gasteiger partial charge in [0.15, 0.2) is 0 Å². The standard InChI is InChI=1S/C23H20F3NO5S/c1-14(27-21(28)19-11-12-20(33-19)22(29)30-2)16-5-9-17(10-6-16)31-13-15-3-7-18(8-4-15)32-23(24,25)26/h3-12,14H,13H2,1-2H3,(H,27,28). The predicted molar refractivity (Wildman–Crippen MR) is 115 cm³/mol. The minimum Gasteiger partial charge on any atom is -0.489 e. The van der Waals surface area contributed by atoms with Crippen molar-refractivity contribution in [3.63, 3.8) is 0 Å². The summed E-state index contributed by atoms with van der Waals surface area (Å²) in [7, 11) is 1.28. The summed E-state index contributed by atoms with van der Waals surface area (Å²) in [5, 5.41) is 2.87. The molecule has 0 saturated carbocycles. The third kappa shape index (κ3) is 6.98. The third-order valence-electron chi connectivity index (χ3n) is 4.51. The second kappa shape index (κ2) is 10.4. The molecular weight excluding hydrogens is 459 g/mol. The molecule has 2 aromatic carbocycles. The van der Waals surface area contributed by atoms with Gasteiger partial charge in [-0.2, -0.15) is 0 Å². The van der Waals surface area contributed by atoms with Gasteiger partial charge in [0.1, 0.15) is 23.0 Å². The van der Waals surface area contributed by atoms with E-state index in [2.05, 4.69) is 14.8 Å². The zero-order valence-electron chi connectivity index (χ0n) is 17.6. The Hall–Kier alpha value is -3.53. The molecule has 174 valence electrons. The SMILES string of the molecule is COC(=O)c1ccc(C(=O)NC(C)c2ccc(OCc3ccc(OC(F)(F)F)cc3)cc2)s1. The number of carbonyl (C=O) groups is 2. The minimum atomic E-state index is -4.73. The first-order valence-corrected chi connectivity index (χ1v) is 10.5. The van der Waals surface area contributed by atoms with E-state index < -0.39 is 12.3 Å². The number of amides is 1. The van der Waals surface area contributed by atoms with E-state index in [9.17, 15) is 22.8 Å². The first kappa shape index (κ1) is 24.1. The summed E-state index contributed by atoms with van der Waals surface area (Å²) in [6.45, 7) is 1.99. The first-order valence-electron chi connectivity index (χ1n) is 9.71. The van der Waals surface area contributed by atoms with Crippen molar-refractivity contribution in [2.45, 2.75) is 25.9 Å². The van der Waals surface area contributed by atoms with Crippen LogP contribution in [0.15, 0.2) is 60.7 Å². The van der Waals surface area contributed by atoms with Crippen LogP contribution in [0.3, 0.4) is 0 Å². The Morgan fingerprint density at radius 2 is 1.55 bits per heavy atom. The lowest BCUT2D eigenvalue weighted by molar-refractivity contribution is -0.274. The largest absolute Gasteiger partial charge is 0.573 e. The van der Waals surface area contributed by atoms with Crippen molar-refractivity contribution < 1.29 is 37.0 Å². The van der Waals surface area contributed by atoms with Crippen LogP contribution < -0.4 is 14.8 Å². The Kier molecular flexibility index (Phi) is 7.59. The van der Waals surface area contributed by atoms with Gasteiger partial charge in [0.2, 0.25) is 0 Å². The molecule has 1 unspecified atom stereocenters. The van der Waals surface area contributed by atoms with Gasteiger partial charge in [0.25, 0.3) is 5.91 Å². The number of esters is 1. The molecule has 0 aliphatic heterocycles. The molecule has 0 aliphatic carbocycles. The van der Waals surface area contributed by atoms with E-state index in [0.717, 1.165) is 16.9 Å². The van der Waals surface area contributed by atoms with Crippen LogP contribution in [0.1, 0.15) is 43.4 Å². The molecule has 0 radical (unpaired) electrons. The lowest BCUT2D eigenvalue weighted by Crippen LogP contribution is -2.25. The van der Waals surface area contributed by atoms with Crippen molar-refractivity contribution >= 4 is 23.2 Å². The van der Waals surface area contributed by atoms with Crippen LogP contribution in [-0.2, 0) is 11.3 Å². The maximum Gasteiger partial charge on any atom is 0.573 e. The molecule has 3 rings (SSSR count). The van der Waals surface area contributed by atoms with Crippen LogP contribution in [0.2, 0.25) is 0 Å². The van der Waals surface area contributed by atoms with Gasteiger partial charge in [0, 0.05) is 0 Å². The lowest BCUT2D eigenvalue weighted by Gasteiger charge is -2.15. The van der Waals surface area contributed by atoms with Crippen molar-refractivity contribution in [1.29, 1.82) is 0 Å². The summed E-state index contributed by atoms with van der Waals surface area (Å²) in [6.07, 6.45) is -4.73. The predicted octanol–water partition coefficient (Wildman–Crippen LogP) is 5.50. The molecule has 1 atom stereocenters. The number of carbonyl (C=O) groups excluding carboxylic acids is 2. The number of benzene rings is 2. The number of rotatable bonds is 8. The first-order chi connectivity index (χ1) is 15.6. The van der Waals surface area contributed by atoms with Crippen LogP contribution in [0.4, 0.5) is 13.2 Å². The molecule has 0 saturated heterocycles. The third-order valence-corrected chi connectivity index (χ3v) is 5.57. The number of thiophene rings is 1. The number of hydrogen-bond acceptors (Lipinski definition) is 6. The average molecular weight is 479 g/mol. The number of hydrogen-bond donors (Lipinski definition) is 1. The molecular formula is C23H20F3NO5S. The Labute approximate surface area is 191 Å². The Morgan fingerprint density at radius 3 is 2.15 bits per heavy atom. The summed E-state index contributed by atoms with van der Waals surface area (Å²) < 4.78 is 50.8. The highest BCUT2D eigenvalue weighted by molar-refractivity contribution is 7.15. The van der Waals surface area contributed by atoms with Crippen molar-refractivity contribution in [2.75, 3.05) is 7.11 Å². The fourth-order valence-corrected chi connectivity index (χ4v) is 3.66. The van der Waals surface area contributed by atoms with Gasteiger partial charge < -0.3 is 19.5 Å².